The summed E-state index contributed by atoms with van der Waals surface area (Å²) in [7, 11) is 0. The van der Waals surface area contributed by atoms with Gasteiger partial charge in [0.05, 0.1) is 24.4 Å². The average molecular weight is 414 g/mol. The van der Waals surface area contributed by atoms with E-state index in [9.17, 15) is 30.0 Å². The quantitative estimate of drug-likeness (QED) is 0.283. The van der Waals surface area contributed by atoms with Crippen LogP contribution >= 0.6 is 0 Å². The van der Waals surface area contributed by atoms with Gasteiger partial charge in [0.1, 0.15) is 37.1 Å². The van der Waals surface area contributed by atoms with Crippen LogP contribution in [0.3, 0.4) is 0 Å². The van der Waals surface area contributed by atoms with Gasteiger partial charge in [-0.2, -0.15) is 0 Å². The molecule has 11 heteroatoms. The summed E-state index contributed by atoms with van der Waals surface area (Å²) in [4.78, 5) is 23.2. The Labute approximate surface area is 165 Å². The summed E-state index contributed by atoms with van der Waals surface area (Å²) in [6, 6.07) is 0. The van der Waals surface area contributed by atoms with E-state index >= 15 is 0 Å². The minimum atomic E-state index is -1.61. The molecule has 0 amide bonds. The third-order valence-corrected chi connectivity index (χ3v) is 5.57. The summed E-state index contributed by atoms with van der Waals surface area (Å²) in [5, 5.41) is 39.4. The Morgan fingerprint density at radius 3 is 2.59 bits per heavy atom. The molecule has 9 atom stereocenters. The number of aliphatic hydroxyl groups is 4. The Kier molecular flexibility index (Phi) is 5.36. The Bertz CT molecular complexity index is 744. The van der Waals surface area contributed by atoms with Crippen LogP contribution in [0.2, 0.25) is 0 Å². The average Bonchev–Trinajstić information content (AvgIpc) is 3.20. The largest absolute Gasteiger partial charge is 0.471 e. The number of rotatable bonds is 5. The molecule has 0 bridgehead atoms. The van der Waals surface area contributed by atoms with Gasteiger partial charge in [-0.15, -0.1) is 0 Å². The van der Waals surface area contributed by atoms with Crippen LogP contribution in [0, 0.1) is 11.8 Å². The van der Waals surface area contributed by atoms with E-state index in [1.54, 1.807) is 6.08 Å². The van der Waals surface area contributed by atoms with Crippen molar-refractivity contribution >= 4 is 11.9 Å². The van der Waals surface area contributed by atoms with Crippen molar-refractivity contribution in [1.82, 2.24) is 0 Å². The first kappa shape index (κ1) is 20.3. The molecule has 3 heterocycles. The fraction of sp³-hybridized carbons (Fsp3) is 0.667. The van der Waals surface area contributed by atoms with Crippen LogP contribution in [0.5, 0.6) is 0 Å². The van der Waals surface area contributed by atoms with E-state index in [1.165, 1.54) is 13.2 Å². The van der Waals surface area contributed by atoms with E-state index in [0.717, 1.165) is 0 Å². The fourth-order valence-corrected chi connectivity index (χ4v) is 4.12. The first-order valence-corrected chi connectivity index (χ1v) is 9.18. The first-order chi connectivity index (χ1) is 13.8. The van der Waals surface area contributed by atoms with Crippen molar-refractivity contribution < 1.29 is 53.7 Å². The highest BCUT2D eigenvalue weighted by Crippen LogP contribution is 2.49. The van der Waals surface area contributed by atoms with Crippen molar-refractivity contribution in [2.24, 2.45) is 11.8 Å². The first-order valence-electron chi connectivity index (χ1n) is 9.18. The highest BCUT2D eigenvalue weighted by Gasteiger charge is 2.56. The predicted octanol–water partition coefficient (Wildman–Crippen LogP) is -2.30. The van der Waals surface area contributed by atoms with E-state index in [-0.39, 0.29) is 6.61 Å². The number of hydrogen-bond acceptors (Lipinski definition) is 11. The zero-order valence-electron chi connectivity index (χ0n) is 15.4. The van der Waals surface area contributed by atoms with Crippen molar-refractivity contribution in [3.8, 4) is 0 Å². The van der Waals surface area contributed by atoms with E-state index in [4.69, 9.17) is 23.7 Å². The molecule has 0 aromatic heterocycles. The van der Waals surface area contributed by atoms with Crippen LogP contribution in [-0.4, -0.2) is 88.7 Å². The molecule has 2 fully saturated rings. The van der Waals surface area contributed by atoms with Gasteiger partial charge in [0, 0.05) is 12.8 Å². The molecule has 0 saturated carbocycles. The van der Waals surface area contributed by atoms with Gasteiger partial charge in [-0.25, -0.2) is 4.79 Å². The summed E-state index contributed by atoms with van der Waals surface area (Å²) in [6.45, 7) is 0.602. The lowest BCUT2D eigenvalue weighted by atomic mass is 9.84. The van der Waals surface area contributed by atoms with Gasteiger partial charge < -0.3 is 44.1 Å². The SMILES string of the molecule is CC(=O)OCC1=C[C@@H]2OC(=O)C3=CO[C@H](O[C@H]4O[C@H](CO)[C@@H](O)[C@H](O)[C@H]4O)[C@H]1[C@@H]32. The van der Waals surface area contributed by atoms with Crippen molar-refractivity contribution in [2.45, 2.75) is 50.0 Å². The molecule has 4 N–H and O–H groups in total. The molecule has 4 aliphatic rings. The van der Waals surface area contributed by atoms with Crippen molar-refractivity contribution in [1.29, 1.82) is 0 Å². The van der Waals surface area contributed by atoms with Gasteiger partial charge in [0.15, 0.2) is 6.29 Å². The van der Waals surface area contributed by atoms with E-state index in [1.807, 2.05) is 0 Å². The summed E-state index contributed by atoms with van der Waals surface area (Å²) >= 11 is 0. The standard InChI is InChI=1S/C18H22O11/c1-6(20)25-4-7-2-9-12-8(16(24)27-9)5-26-17(11(7)12)29-18-15(23)14(22)13(21)10(3-19)28-18/h2,5,9-15,17-19,21-23H,3-4H2,1H3/t9-,10+,11+,12-,13+,14-,15+,17+,18+/m0/s1. The number of hydrogen-bond donors (Lipinski definition) is 4. The van der Waals surface area contributed by atoms with Gasteiger partial charge >= 0.3 is 11.9 Å². The smallest absolute Gasteiger partial charge is 0.338 e. The molecule has 1 aliphatic carbocycles. The minimum absolute atomic E-state index is 0.0598. The summed E-state index contributed by atoms with van der Waals surface area (Å²) < 4.78 is 27.0. The van der Waals surface area contributed by atoms with Crippen LogP contribution in [0.15, 0.2) is 23.5 Å². The highest BCUT2D eigenvalue weighted by molar-refractivity contribution is 5.92. The summed E-state index contributed by atoms with van der Waals surface area (Å²) in [5.74, 6) is -1.99. The molecule has 0 aromatic carbocycles. The van der Waals surface area contributed by atoms with Crippen LogP contribution in [-0.2, 0) is 33.3 Å². The number of carbonyl (C=O) groups excluding carboxylic acids is 2. The molecule has 2 saturated heterocycles. The molecule has 0 radical (unpaired) electrons. The molecule has 11 nitrogen and oxygen atoms in total. The molecule has 0 aromatic rings. The van der Waals surface area contributed by atoms with Crippen LogP contribution in [0.4, 0.5) is 0 Å². The molecular formula is C18H22O11. The molecule has 0 spiro atoms. The Balaban J connectivity index is 1.56. The van der Waals surface area contributed by atoms with Crippen molar-refractivity contribution in [3.05, 3.63) is 23.5 Å². The van der Waals surface area contributed by atoms with E-state index in [2.05, 4.69) is 0 Å². The molecule has 29 heavy (non-hydrogen) atoms. The van der Waals surface area contributed by atoms with E-state index in [0.29, 0.717) is 11.1 Å². The summed E-state index contributed by atoms with van der Waals surface area (Å²) in [5.41, 5.74) is 0.936. The number of ether oxygens (including phenoxy) is 5. The van der Waals surface area contributed by atoms with Crippen molar-refractivity contribution in [3.63, 3.8) is 0 Å². The fourth-order valence-electron chi connectivity index (χ4n) is 4.12. The molecule has 0 unspecified atom stereocenters. The van der Waals surface area contributed by atoms with E-state index < -0.39 is 73.5 Å². The van der Waals surface area contributed by atoms with Crippen LogP contribution < -0.4 is 0 Å². The Morgan fingerprint density at radius 2 is 1.90 bits per heavy atom. The second-order valence-corrected chi connectivity index (χ2v) is 7.35. The van der Waals surface area contributed by atoms with Gasteiger partial charge in [-0.05, 0) is 11.6 Å². The monoisotopic (exact) mass is 414 g/mol. The maximum absolute atomic E-state index is 12.0. The lowest BCUT2D eigenvalue weighted by molar-refractivity contribution is -0.339. The molecule has 4 rings (SSSR count). The maximum Gasteiger partial charge on any atom is 0.338 e. The summed E-state index contributed by atoms with van der Waals surface area (Å²) in [6.07, 6.45) is -6.03. The second kappa shape index (κ2) is 7.67. The topological polar surface area (TPSA) is 161 Å². The lowest BCUT2D eigenvalue weighted by Gasteiger charge is -2.42. The zero-order valence-corrected chi connectivity index (χ0v) is 15.4. The highest BCUT2D eigenvalue weighted by atomic mass is 16.8. The Morgan fingerprint density at radius 1 is 1.14 bits per heavy atom. The number of carbonyl (C=O) groups is 2. The molecule has 3 aliphatic heterocycles. The zero-order chi connectivity index (χ0) is 20.9. The number of aliphatic hydroxyl groups excluding tert-OH is 4. The normalized spacial score (nSPS) is 43.1. The third kappa shape index (κ3) is 3.43. The van der Waals surface area contributed by atoms with Gasteiger partial charge in [0.2, 0.25) is 6.29 Å². The van der Waals surface area contributed by atoms with Gasteiger partial charge in [-0.3, -0.25) is 4.79 Å². The van der Waals surface area contributed by atoms with Crippen LogP contribution in [0.25, 0.3) is 0 Å². The van der Waals surface area contributed by atoms with Gasteiger partial charge in [0.25, 0.3) is 0 Å². The predicted molar refractivity (Wildman–Crippen MR) is 89.4 cm³/mol. The maximum atomic E-state index is 12.0. The van der Waals surface area contributed by atoms with Gasteiger partial charge in [-0.1, -0.05) is 0 Å². The van der Waals surface area contributed by atoms with Crippen molar-refractivity contribution in [2.75, 3.05) is 13.2 Å². The third-order valence-electron chi connectivity index (χ3n) is 5.57. The molecular weight excluding hydrogens is 392 g/mol. The number of esters is 2. The van der Waals surface area contributed by atoms with Crippen LogP contribution in [0.1, 0.15) is 6.92 Å². The second-order valence-electron chi connectivity index (χ2n) is 7.35. The molecule has 160 valence electrons. The lowest BCUT2D eigenvalue weighted by Crippen LogP contribution is -2.60. The Hall–Kier alpha value is -2.02. The minimum Gasteiger partial charge on any atom is -0.471 e.